The smallest absolute Gasteiger partial charge is 0.200 e. The quantitative estimate of drug-likeness (QED) is 0.514. The number of methoxy groups -OCH3 is 1. The summed E-state index contributed by atoms with van der Waals surface area (Å²) in [4.78, 5) is 0. The molecule has 0 spiro atoms. The number of rotatable bonds is 5. The molecule has 0 saturated carbocycles. The highest BCUT2D eigenvalue weighted by Gasteiger charge is 2.10. The van der Waals surface area contributed by atoms with Crippen LogP contribution in [-0.4, -0.2) is 36.3 Å². The Balaban J connectivity index is 2.55. The normalized spacial score (nSPS) is 10.0. The van der Waals surface area contributed by atoms with Crippen LogP contribution in [0.1, 0.15) is 12.6 Å². The second-order valence-electron chi connectivity index (χ2n) is 2.51. The summed E-state index contributed by atoms with van der Waals surface area (Å²) in [6, 6.07) is 0. The molecule has 6 heteroatoms. The lowest BCUT2D eigenvalue weighted by Crippen LogP contribution is -2.10. The molecule has 0 unspecified atom stereocenters. The molecule has 0 bridgehead atoms. The molecule has 0 aliphatic carbocycles. The first kappa shape index (κ1) is 9.66. The summed E-state index contributed by atoms with van der Waals surface area (Å²) >= 11 is 0. The number of aromatic nitrogens is 2. The largest absolute Gasteiger partial charge is 0.383 e. The van der Waals surface area contributed by atoms with Gasteiger partial charge in [0.05, 0.1) is 12.3 Å². The Morgan fingerprint density at radius 3 is 3.00 bits per heavy atom. The summed E-state index contributed by atoms with van der Waals surface area (Å²) in [5.41, 5.74) is 0.761. The van der Waals surface area contributed by atoms with E-state index in [9.17, 15) is 0 Å². The summed E-state index contributed by atoms with van der Waals surface area (Å²) in [5, 5.41) is 17.5. The zero-order valence-corrected chi connectivity index (χ0v) is 7.63. The van der Waals surface area contributed by atoms with E-state index in [0.717, 1.165) is 0 Å². The molecule has 2 N–H and O–H groups in total. The molecule has 13 heavy (non-hydrogen) atoms. The van der Waals surface area contributed by atoms with Gasteiger partial charge in [0.1, 0.15) is 0 Å². The van der Waals surface area contributed by atoms with Gasteiger partial charge < -0.3 is 15.5 Å². The fourth-order valence-corrected chi connectivity index (χ4v) is 0.822. The van der Waals surface area contributed by atoms with Gasteiger partial charge >= 0.3 is 0 Å². The lowest BCUT2D eigenvalue weighted by Gasteiger charge is -2.01. The van der Waals surface area contributed by atoms with Crippen molar-refractivity contribution in [2.24, 2.45) is 0 Å². The zero-order chi connectivity index (χ0) is 9.68. The third kappa shape index (κ3) is 2.51. The fourth-order valence-electron chi connectivity index (χ4n) is 0.822. The van der Waals surface area contributed by atoms with E-state index in [1.165, 1.54) is 0 Å². The van der Waals surface area contributed by atoms with Crippen molar-refractivity contribution in [3.8, 4) is 0 Å². The number of ether oxygens (including phenoxy) is 1. The average Bonchev–Trinajstić information content (AvgIpc) is 2.53. The molecular weight excluding hydrogens is 172 g/mol. The Bertz CT molecular complexity index is 284. The maximum Gasteiger partial charge on any atom is 0.200 e. The van der Waals surface area contributed by atoms with Crippen molar-refractivity contribution in [3.05, 3.63) is 5.69 Å². The number of nitrogens with one attached hydrogen (secondary N) is 2. The summed E-state index contributed by atoms with van der Waals surface area (Å²) in [5.74, 6) is 0.490. The van der Waals surface area contributed by atoms with Crippen LogP contribution in [0.2, 0.25) is 0 Å². The van der Waals surface area contributed by atoms with Crippen LogP contribution in [0.25, 0.3) is 0 Å². The van der Waals surface area contributed by atoms with E-state index >= 15 is 0 Å². The maximum atomic E-state index is 7.34. The van der Waals surface area contributed by atoms with Gasteiger partial charge in [0.2, 0.25) is 0 Å². The van der Waals surface area contributed by atoms with E-state index in [-0.39, 0.29) is 0 Å². The molecule has 1 heterocycles. The lowest BCUT2D eigenvalue weighted by molar-refractivity contribution is 0.210. The topological polar surface area (TPSA) is 84.0 Å². The van der Waals surface area contributed by atoms with Gasteiger partial charge in [-0.15, -0.1) is 0 Å². The Morgan fingerprint density at radius 2 is 2.38 bits per heavy atom. The molecule has 6 nitrogen and oxygen atoms in total. The average molecular weight is 184 g/mol. The van der Waals surface area contributed by atoms with Crippen LogP contribution >= 0.6 is 0 Å². The monoisotopic (exact) mass is 184 g/mol. The van der Waals surface area contributed by atoms with Gasteiger partial charge in [-0.05, 0) is 17.2 Å². The predicted molar refractivity (Wildman–Crippen MR) is 47.2 cm³/mol. The summed E-state index contributed by atoms with van der Waals surface area (Å²) in [7, 11) is 1.62. The van der Waals surface area contributed by atoms with Crippen LogP contribution in [0.15, 0.2) is 4.63 Å². The van der Waals surface area contributed by atoms with Crippen molar-refractivity contribution in [1.82, 2.24) is 10.3 Å². The second kappa shape index (κ2) is 4.56. The number of hydrogen-bond donors (Lipinski definition) is 2. The highest BCUT2D eigenvalue weighted by Crippen LogP contribution is 2.08. The van der Waals surface area contributed by atoms with E-state index in [1.807, 2.05) is 0 Å². The molecular formula is C7H12N4O2. The third-order valence-electron chi connectivity index (χ3n) is 1.44. The van der Waals surface area contributed by atoms with Crippen molar-refractivity contribution >= 4 is 11.5 Å². The molecule has 0 amide bonds. The van der Waals surface area contributed by atoms with E-state index in [1.54, 1.807) is 14.0 Å². The first-order valence-electron chi connectivity index (χ1n) is 3.86. The molecule has 0 fully saturated rings. The van der Waals surface area contributed by atoms with E-state index in [2.05, 4.69) is 20.3 Å². The Hall–Kier alpha value is -1.43. The SMILES string of the molecule is COCCNc1nonc1C(C)=N. The number of anilines is 1. The molecule has 0 aromatic carbocycles. The van der Waals surface area contributed by atoms with Crippen LogP contribution in [0.4, 0.5) is 5.82 Å². The standard InChI is InChI=1S/C7H12N4O2/c1-5(8)6-7(11-13-10-6)9-3-4-12-2/h8H,3-4H2,1-2H3,(H,9,11). The minimum absolute atomic E-state index is 0.321. The number of nitrogens with zero attached hydrogens (tertiary/aromatic N) is 2. The van der Waals surface area contributed by atoms with Crippen LogP contribution in [0.3, 0.4) is 0 Å². The van der Waals surface area contributed by atoms with Crippen LogP contribution in [0, 0.1) is 5.41 Å². The molecule has 1 aromatic rings. The van der Waals surface area contributed by atoms with Gasteiger partial charge in [-0.25, -0.2) is 4.63 Å². The molecule has 1 rings (SSSR count). The van der Waals surface area contributed by atoms with Gasteiger partial charge in [0, 0.05) is 13.7 Å². The van der Waals surface area contributed by atoms with Gasteiger partial charge in [-0.1, -0.05) is 0 Å². The van der Waals surface area contributed by atoms with Crippen molar-refractivity contribution in [3.63, 3.8) is 0 Å². The summed E-state index contributed by atoms with van der Waals surface area (Å²) in [6.45, 7) is 2.81. The Morgan fingerprint density at radius 1 is 1.62 bits per heavy atom. The first-order chi connectivity index (χ1) is 6.25. The number of hydrogen-bond acceptors (Lipinski definition) is 6. The van der Waals surface area contributed by atoms with Gasteiger partial charge in [-0.3, -0.25) is 0 Å². The Kier molecular flexibility index (Phi) is 3.39. The van der Waals surface area contributed by atoms with Crippen LogP contribution in [-0.2, 0) is 4.74 Å². The summed E-state index contributed by atoms with van der Waals surface area (Å²) < 4.78 is 9.34. The van der Waals surface area contributed by atoms with E-state index in [0.29, 0.717) is 30.4 Å². The maximum absolute atomic E-state index is 7.34. The zero-order valence-electron chi connectivity index (χ0n) is 7.63. The fraction of sp³-hybridized carbons (Fsp3) is 0.571. The summed E-state index contributed by atoms with van der Waals surface area (Å²) in [6.07, 6.45) is 0. The van der Waals surface area contributed by atoms with E-state index in [4.69, 9.17) is 10.1 Å². The lowest BCUT2D eigenvalue weighted by atomic mass is 10.3. The predicted octanol–water partition coefficient (Wildman–Crippen LogP) is 0.516. The molecule has 0 atom stereocenters. The Labute approximate surface area is 75.7 Å². The molecule has 0 saturated heterocycles. The first-order valence-corrected chi connectivity index (χ1v) is 3.86. The van der Waals surface area contributed by atoms with Crippen LogP contribution in [0.5, 0.6) is 0 Å². The molecule has 72 valence electrons. The molecule has 1 aromatic heterocycles. The molecule has 0 aliphatic rings. The van der Waals surface area contributed by atoms with Crippen molar-refractivity contribution in [2.45, 2.75) is 6.92 Å². The van der Waals surface area contributed by atoms with E-state index < -0.39 is 0 Å². The van der Waals surface area contributed by atoms with Crippen LogP contribution < -0.4 is 5.32 Å². The molecule has 0 radical (unpaired) electrons. The highest BCUT2D eigenvalue weighted by atomic mass is 16.6. The van der Waals surface area contributed by atoms with Crippen molar-refractivity contribution < 1.29 is 9.37 Å². The minimum Gasteiger partial charge on any atom is -0.383 e. The van der Waals surface area contributed by atoms with Gasteiger partial charge in [0.25, 0.3) is 0 Å². The highest BCUT2D eigenvalue weighted by molar-refractivity contribution is 5.98. The van der Waals surface area contributed by atoms with Crippen molar-refractivity contribution in [1.29, 1.82) is 5.41 Å². The molecule has 0 aliphatic heterocycles. The second-order valence-corrected chi connectivity index (χ2v) is 2.51. The third-order valence-corrected chi connectivity index (χ3v) is 1.44. The van der Waals surface area contributed by atoms with Gasteiger partial charge in [0.15, 0.2) is 11.5 Å². The van der Waals surface area contributed by atoms with Gasteiger partial charge in [-0.2, -0.15) is 0 Å². The minimum atomic E-state index is 0.321. The van der Waals surface area contributed by atoms with Crippen molar-refractivity contribution in [2.75, 3.05) is 25.6 Å².